The first kappa shape index (κ1) is 22.5. The van der Waals surface area contributed by atoms with Gasteiger partial charge < -0.3 is 5.73 Å². The molecule has 32 heavy (non-hydrogen) atoms. The molecule has 2 aromatic carbocycles. The minimum atomic E-state index is -0.689. The maximum absolute atomic E-state index is 14.8. The van der Waals surface area contributed by atoms with Crippen molar-refractivity contribution in [3.8, 4) is 0 Å². The Hall–Kier alpha value is -2.74. The standard InChI is InChI=1S/C23H15BrCl2FN3O2/c1-2-12-18(28)7-6-17(27)19(12)21(31)14-10-30(22-13(14)8-11(24)9-29-22)23(32)20-15(25)4-3-5-16(20)26/h3-10H,2,28H2,1H3. The van der Waals surface area contributed by atoms with Crippen LogP contribution in [0.15, 0.2) is 53.3 Å². The smallest absolute Gasteiger partial charge is 0.266 e. The van der Waals surface area contributed by atoms with Gasteiger partial charge in [-0.25, -0.2) is 9.37 Å². The number of nitrogen functional groups attached to an aromatic ring is 1. The molecule has 4 aromatic rings. The average Bonchev–Trinajstić information content (AvgIpc) is 3.13. The average molecular weight is 535 g/mol. The molecule has 162 valence electrons. The number of benzene rings is 2. The Balaban J connectivity index is 1.98. The van der Waals surface area contributed by atoms with Crippen molar-refractivity contribution in [2.75, 3.05) is 5.73 Å². The van der Waals surface area contributed by atoms with E-state index in [-0.39, 0.29) is 32.4 Å². The van der Waals surface area contributed by atoms with Gasteiger partial charge in [-0.05, 0) is 58.2 Å². The molecule has 5 nitrogen and oxygen atoms in total. The summed E-state index contributed by atoms with van der Waals surface area (Å²) < 4.78 is 16.5. The van der Waals surface area contributed by atoms with Gasteiger partial charge in [0.15, 0.2) is 5.78 Å². The Morgan fingerprint density at radius 3 is 2.50 bits per heavy atom. The van der Waals surface area contributed by atoms with Gasteiger partial charge in [0.05, 0.1) is 26.7 Å². The number of ketones is 1. The van der Waals surface area contributed by atoms with Crippen LogP contribution < -0.4 is 5.73 Å². The van der Waals surface area contributed by atoms with Gasteiger partial charge in [0.1, 0.15) is 11.5 Å². The molecule has 0 aliphatic carbocycles. The normalized spacial score (nSPS) is 11.2. The van der Waals surface area contributed by atoms with Crippen LogP contribution in [0.3, 0.4) is 0 Å². The molecule has 0 atom stereocenters. The third-order valence-corrected chi connectivity index (χ3v) is 6.19. The number of aromatic nitrogens is 2. The Bertz CT molecular complexity index is 1400. The lowest BCUT2D eigenvalue weighted by atomic mass is 9.95. The summed E-state index contributed by atoms with van der Waals surface area (Å²) in [6.45, 7) is 1.78. The summed E-state index contributed by atoms with van der Waals surface area (Å²) in [6.07, 6.45) is 3.18. The number of hydrogen-bond acceptors (Lipinski definition) is 4. The summed E-state index contributed by atoms with van der Waals surface area (Å²) in [7, 11) is 0. The fourth-order valence-corrected chi connectivity index (χ4v) is 4.53. The molecular weight excluding hydrogens is 520 g/mol. The lowest BCUT2D eigenvalue weighted by Gasteiger charge is -2.10. The predicted octanol–water partition coefficient (Wildman–Crippen LogP) is 6.31. The number of carbonyl (C=O) groups excluding carboxylic acids is 2. The maximum atomic E-state index is 14.8. The molecule has 0 spiro atoms. The maximum Gasteiger partial charge on any atom is 0.266 e. The molecular formula is C23H15BrCl2FN3O2. The van der Waals surface area contributed by atoms with Crippen LogP contribution in [0.5, 0.6) is 0 Å². The van der Waals surface area contributed by atoms with E-state index >= 15 is 0 Å². The van der Waals surface area contributed by atoms with E-state index in [0.29, 0.717) is 27.5 Å². The molecule has 2 heterocycles. The van der Waals surface area contributed by atoms with E-state index in [1.54, 1.807) is 19.1 Å². The number of nitrogens with zero attached hydrogens (tertiary/aromatic N) is 2. The first-order valence-electron chi connectivity index (χ1n) is 9.51. The van der Waals surface area contributed by atoms with E-state index in [1.807, 2.05) is 0 Å². The zero-order valence-corrected chi connectivity index (χ0v) is 19.7. The van der Waals surface area contributed by atoms with Crippen molar-refractivity contribution in [2.24, 2.45) is 0 Å². The first-order chi connectivity index (χ1) is 15.2. The quantitative estimate of drug-likeness (QED) is 0.246. The largest absolute Gasteiger partial charge is 0.398 e. The number of rotatable bonds is 4. The van der Waals surface area contributed by atoms with Crippen molar-refractivity contribution in [2.45, 2.75) is 13.3 Å². The topological polar surface area (TPSA) is 78.0 Å². The Morgan fingerprint density at radius 2 is 1.84 bits per heavy atom. The van der Waals surface area contributed by atoms with Gasteiger partial charge in [-0.3, -0.25) is 14.2 Å². The molecule has 0 unspecified atom stereocenters. The molecule has 2 aromatic heterocycles. The van der Waals surface area contributed by atoms with Crippen molar-refractivity contribution in [3.63, 3.8) is 0 Å². The van der Waals surface area contributed by atoms with Gasteiger partial charge in [-0.2, -0.15) is 0 Å². The fraction of sp³-hybridized carbons (Fsp3) is 0.0870. The molecule has 0 amide bonds. The third-order valence-electron chi connectivity index (χ3n) is 5.13. The second kappa shape index (κ2) is 8.65. The molecule has 0 aliphatic rings. The molecule has 0 aliphatic heterocycles. The van der Waals surface area contributed by atoms with Crippen LogP contribution in [-0.4, -0.2) is 21.2 Å². The van der Waals surface area contributed by atoms with Crippen LogP contribution in [0.2, 0.25) is 10.0 Å². The van der Waals surface area contributed by atoms with E-state index in [1.165, 1.54) is 35.2 Å². The van der Waals surface area contributed by atoms with Crippen molar-refractivity contribution < 1.29 is 14.0 Å². The van der Waals surface area contributed by atoms with E-state index in [4.69, 9.17) is 28.9 Å². The number of hydrogen-bond donors (Lipinski definition) is 1. The minimum Gasteiger partial charge on any atom is -0.398 e. The summed E-state index contributed by atoms with van der Waals surface area (Å²) in [5, 5.41) is 0.679. The van der Waals surface area contributed by atoms with Crippen LogP contribution in [0.4, 0.5) is 10.1 Å². The molecule has 0 bridgehead atoms. The van der Waals surface area contributed by atoms with Crippen LogP contribution >= 0.6 is 39.1 Å². The minimum absolute atomic E-state index is 0.0702. The van der Waals surface area contributed by atoms with E-state index in [2.05, 4.69) is 20.9 Å². The van der Waals surface area contributed by atoms with Gasteiger partial charge >= 0.3 is 0 Å². The number of pyridine rings is 1. The zero-order valence-electron chi connectivity index (χ0n) is 16.6. The predicted molar refractivity (Wildman–Crippen MR) is 127 cm³/mol. The summed E-state index contributed by atoms with van der Waals surface area (Å²) in [6, 6.07) is 8.92. The van der Waals surface area contributed by atoms with Gasteiger partial charge in [0.25, 0.3) is 5.91 Å². The van der Waals surface area contributed by atoms with Crippen LogP contribution in [0.25, 0.3) is 11.0 Å². The monoisotopic (exact) mass is 533 g/mol. The summed E-state index contributed by atoms with van der Waals surface area (Å²) in [4.78, 5) is 31.2. The highest BCUT2D eigenvalue weighted by Gasteiger charge is 2.27. The highest BCUT2D eigenvalue weighted by atomic mass is 79.9. The Kier molecular flexibility index (Phi) is 6.07. The third kappa shape index (κ3) is 3.70. The van der Waals surface area contributed by atoms with E-state index in [0.717, 1.165) is 6.07 Å². The van der Waals surface area contributed by atoms with Crippen LogP contribution in [-0.2, 0) is 6.42 Å². The molecule has 0 radical (unpaired) electrons. The summed E-state index contributed by atoms with van der Waals surface area (Å²) in [5.41, 5.74) is 6.96. The van der Waals surface area contributed by atoms with Crippen LogP contribution in [0, 0.1) is 5.82 Å². The summed E-state index contributed by atoms with van der Waals surface area (Å²) in [5.74, 6) is -1.86. The zero-order chi connectivity index (χ0) is 23.2. The number of halogens is 4. The first-order valence-corrected chi connectivity index (χ1v) is 11.1. The van der Waals surface area contributed by atoms with Gasteiger partial charge in [-0.15, -0.1) is 0 Å². The molecule has 0 fully saturated rings. The van der Waals surface area contributed by atoms with E-state index < -0.39 is 17.5 Å². The molecule has 4 rings (SSSR count). The van der Waals surface area contributed by atoms with Gasteiger partial charge in [0, 0.05) is 27.9 Å². The SMILES string of the molecule is CCc1c(N)ccc(F)c1C(=O)c1cn(C(=O)c2c(Cl)cccc2Cl)c2ncc(Br)cc12. The summed E-state index contributed by atoms with van der Waals surface area (Å²) >= 11 is 15.8. The molecule has 9 heteroatoms. The lowest BCUT2D eigenvalue weighted by Crippen LogP contribution is -2.13. The molecule has 2 N–H and O–H groups in total. The van der Waals surface area contributed by atoms with Crippen molar-refractivity contribution >= 4 is 67.5 Å². The van der Waals surface area contributed by atoms with Crippen molar-refractivity contribution in [1.82, 2.24) is 9.55 Å². The number of nitrogens with two attached hydrogens (primary N) is 1. The van der Waals surface area contributed by atoms with E-state index in [9.17, 15) is 14.0 Å². The van der Waals surface area contributed by atoms with Gasteiger partial charge in [-0.1, -0.05) is 36.2 Å². The number of anilines is 1. The Labute approximate surface area is 201 Å². The molecule has 0 saturated heterocycles. The number of fused-ring (bicyclic) bond motifs is 1. The second-order valence-electron chi connectivity index (χ2n) is 7.01. The van der Waals surface area contributed by atoms with Crippen molar-refractivity contribution in [3.05, 3.63) is 91.4 Å². The number of carbonyl (C=O) groups is 2. The molecule has 0 saturated carbocycles. The highest BCUT2D eigenvalue weighted by Crippen LogP contribution is 2.32. The Morgan fingerprint density at radius 1 is 1.16 bits per heavy atom. The van der Waals surface area contributed by atoms with Crippen molar-refractivity contribution in [1.29, 1.82) is 0 Å². The van der Waals surface area contributed by atoms with Crippen LogP contribution in [0.1, 0.15) is 38.8 Å². The second-order valence-corrected chi connectivity index (χ2v) is 8.74. The fourth-order valence-electron chi connectivity index (χ4n) is 3.64. The highest BCUT2D eigenvalue weighted by molar-refractivity contribution is 9.10. The lowest BCUT2D eigenvalue weighted by molar-refractivity contribution is 0.0964. The van der Waals surface area contributed by atoms with Gasteiger partial charge in [0.2, 0.25) is 0 Å².